The molecule has 1 N–H and O–H groups in total. The molecule has 0 saturated carbocycles. The van der Waals surface area contributed by atoms with Gasteiger partial charge in [-0.2, -0.15) is 0 Å². The summed E-state index contributed by atoms with van der Waals surface area (Å²) in [6.45, 7) is 11.8. The predicted molar refractivity (Wildman–Crippen MR) is 71.7 cm³/mol. The van der Waals surface area contributed by atoms with Crippen molar-refractivity contribution in [3.05, 3.63) is 0 Å². The molecule has 0 heterocycles. The molecule has 0 radical (unpaired) electrons. The van der Waals surface area contributed by atoms with Gasteiger partial charge in [0.15, 0.2) is 0 Å². The first-order valence-corrected chi connectivity index (χ1v) is 6.92. The highest BCUT2D eigenvalue weighted by Crippen LogP contribution is 2.10. The lowest BCUT2D eigenvalue weighted by Gasteiger charge is -2.32. The van der Waals surface area contributed by atoms with Gasteiger partial charge in [0, 0.05) is 18.6 Å². The van der Waals surface area contributed by atoms with Crippen LogP contribution in [0.15, 0.2) is 0 Å². The fourth-order valence-electron chi connectivity index (χ4n) is 2.16. The molecule has 1 atom stereocenters. The Bertz CT molecular complexity index is 149. The van der Waals surface area contributed by atoms with E-state index in [0.29, 0.717) is 12.1 Å². The van der Waals surface area contributed by atoms with Crippen molar-refractivity contribution in [2.75, 3.05) is 6.54 Å². The average molecular weight is 229 g/mol. The second-order valence-corrected chi connectivity index (χ2v) is 5.39. The minimum absolute atomic E-state index is 0.151. The Hall–Kier alpha value is -0.0800. The Morgan fingerprint density at radius 1 is 0.938 bits per heavy atom. The number of hydrogen-bond donors (Lipinski definition) is 1. The topological polar surface area (TPSA) is 23.5 Å². The van der Waals surface area contributed by atoms with Crippen LogP contribution in [0, 0.1) is 0 Å². The van der Waals surface area contributed by atoms with E-state index < -0.39 is 0 Å². The zero-order valence-corrected chi connectivity index (χ0v) is 11.9. The molecule has 0 spiro atoms. The van der Waals surface area contributed by atoms with Crippen LogP contribution in [0.25, 0.3) is 0 Å². The van der Waals surface area contributed by atoms with Crippen molar-refractivity contribution in [3.8, 4) is 0 Å². The Balaban J connectivity index is 3.78. The molecule has 16 heavy (non-hydrogen) atoms. The maximum atomic E-state index is 9.98. The number of aliphatic hydroxyl groups is 1. The van der Waals surface area contributed by atoms with Gasteiger partial charge in [0.25, 0.3) is 0 Å². The van der Waals surface area contributed by atoms with E-state index >= 15 is 0 Å². The molecule has 0 aromatic carbocycles. The van der Waals surface area contributed by atoms with Crippen LogP contribution in [0.1, 0.15) is 66.7 Å². The highest BCUT2D eigenvalue weighted by Gasteiger charge is 2.16. The second-order valence-electron chi connectivity index (χ2n) is 5.39. The number of unbranched alkanes of at least 4 members (excludes halogenated alkanes) is 3. The molecule has 0 aromatic rings. The van der Waals surface area contributed by atoms with E-state index in [1.165, 1.54) is 25.7 Å². The average Bonchev–Trinajstić information content (AvgIpc) is 2.20. The van der Waals surface area contributed by atoms with Gasteiger partial charge in [-0.1, -0.05) is 32.6 Å². The molecular formula is C14H31NO. The van der Waals surface area contributed by atoms with Crippen molar-refractivity contribution in [2.24, 2.45) is 0 Å². The number of nitrogens with zero attached hydrogens (tertiary/aromatic N) is 1. The van der Waals surface area contributed by atoms with Crippen molar-refractivity contribution in [1.29, 1.82) is 0 Å². The molecule has 98 valence electrons. The van der Waals surface area contributed by atoms with Crippen LogP contribution in [0.5, 0.6) is 0 Å². The third kappa shape index (κ3) is 7.24. The van der Waals surface area contributed by atoms with E-state index in [9.17, 15) is 5.11 Å². The first-order valence-electron chi connectivity index (χ1n) is 6.92. The van der Waals surface area contributed by atoms with Gasteiger partial charge in [0.05, 0.1) is 6.10 Å². The van der Waals surface area contributed by atoms with Gasteiger partial charge in [0.1, 0.15) is 0 Å². The molecule has 0 aromatic heterocycles. The summed E-state index contributed by atoms with van der Waals surface area (Å²) >= 11 is 0. The normalized spacial score (nSPS) is 14.1. The molecule has 0 aliphatic carbocycles. The maximum absolute atomic E-state index is 9.98. The molecule has 0 saturated heterocycles. The lowest BCUT2D eigenvalue weighted by molar-refractivity contribution is 0.0691. The lowest BCUT2D eigenvalue weighted by atomic mass is 10.1. The molecule has 0 amide bonds. The highest BCUT2D eigenvalue weighted by molar-refractivity contribution is 4.71. The molecule has 0 rings (SSSR count). The minimum Gasteiger partial charge on any atom is -0.392 e. The van der Waals surface area contributed by atoms with Crippen LogP contribution in [0.3, 0.4) is 0 Å². The van der Waals surface area contributed by atoms with Crippen LogP contribution in [-0.4, -0.2) is 34.7 Å². The Kier molecular flexibility index (Phi) is 8.96. The van der Waals surface area contributed by atoms with Crippen LogP contribution < -0.4 is 0 Å². The van der Waals surface area contributed by atoms with Crippen molar-refractivity contribution in [1.82, 2.24) is 4.90 Å². The van der Waals surface area contributed by atoms with Crippen molar-refractivity contribution in [2.45, 2.75) is 84.9 Å². The van der Waals surface area contributed by atoms with Gasteiger partial charge in [-0.05, 0) is 34.1 Å². The summed E-state index contributed by atoms with van der Waals surface area (Å²) in [4.78, 5) is 2.37. The fourth-order valence-corrected chi connectivity index (χ4v) is 2.16. The quantitative estimate of drug-likeness (QED) is 0.612. The molecule has 2 nitrogen and oxygen atoms in total. The van der Waals surface area contributed by atoms with Gasteiger partial charge in [0.2, 0.25) is 0 Å². The summed E-state index contributed by atoms with van der Waals surface area (Å²) in [6, 6.07) is 1.04. The van der Waals surface area contributed by atoms with E-state index in [-0.39, 0.29) is 6.10 Å². The van der Waals surface area contributed by atoms with E-state index in [0.717, 1.165) is 13.0 Å². The van der Waals surface area contributed by atoms with Gasteiger partial charge in [-0.15, -0.1) is 0 Å². The Labute approximate surface area is 102 Å². The van der Waals surface area contributed by atoms with Gasteiger partial charge in [-0.25, -0.2) is 0 Å². The summed E-state index contributed by atoms with van der Waals surface area (Å²) in [5.74, 6) is 0. The second kappa shape index (κ2) is 9.00. The summed E-state index contributed by atoms with van der Waals surface area (Å²) in [5, 5.41) is 9.98. The number of aliphatic hydroxyl groups excluding tert-OH is 1. The smallest absolute Gasteiger partial charge is 0.0667 e. The molecule has 1 unspecified atom stereocenters. The summed E-state index contributed by atoms with van der Waals surface area (Å²) in [6.07, 6.45) is 5.79. The van der Waals surface area contributed by atoms with Crippen LogP contribution >= 0.6 is 0 Å². The predicted octanol–water partition coefficient (Wildman–Crippen LogP) is 3.44. The van der Waals surface area contributed by atoms with Crippen LogP contribution in [-0.2, 0) is 0 Å². The number of hydrogen-bond acceptors (Lipinski definition) is 2. The van der Waals surface area contributed by atoms with E-state index in [1.54, 1.807) is 0 Å². The molecule has 0 aliphatic rings. The molecule has 0 bridgehead atoms. The third-order valence-electron chi connectivity index (χ3n) is 3.14. The SMILES string of the molecule is CCCCCCC(O)CN(C(C)C)C(C)C. The molecular weight excluding hydrogens is 198 g/mol. The number of rotatable bonds is 9. The van der Waals surface area contributed by atoms with Gasteiger partial charge in [-0.3, -0.25) is 4.90 Å². The van der Waals surface area contributed by atoms with Gasteiger partial charge >= 0.3 is 0 Å². The maximum Gasteiger partial charge on any atom is 0.0667 e. The van der Waals surface area contributed by atoms with E-state index in [1.807, 2.05) is 0 Å². The summed E-state index contributed by atoms with van der Waals surface area (Å²) in [5.41, 5.74) is 0. The molecule has 0 fully saturated rings. The monoisotopic (exact) mass is 229 g/mol. The third-order valence-corrected chi connectivity index (χ3v) is 3.14. The molecule has 0 aliphatic heterocycles. The largest absolute Gasteiger partial charge is 0.392 e. The fraction of sp³-hybridized carbons (Fsp3) is 1.00. The van der Waals surface area contributed by atoms with Gasteiger partial charge < -0.3 is 5.11 Å². The van der Waals surface area contributed by atoms with Crippen molar-refractivity contribution < 1.29 is 5.11 Å². The zero-order chi connectivity index (χ0) is 12.6. The molecule has 2 heteroatoms. The van der Waals surface area contributed by atoms with E-state index in [2.05, 4.69) is 39.5 Å². The first-order chi connectivity index (χ1) is 7.49. The minimum atomic E-state index is -0.151. The van der Waals surface area contributed by atoms with Crippen molar-refractivity contribution >= 4 is 0 Å². The summed E-state index contributed by atoms with van der Waals surface area (Å²) < 4.78 is 0. The zero-order valence-electron chi connectivity index (χ0n) is 11.9. The Morgan fingerprint density at radius 2 is 1.50 bits per heavy atom. The Morgan fingerprint density at radius 3 is 1.94 bits per heavy atom. The van der Waals surface area contributed by atoms with Crippen LogP contribution in [0.4, 0.5) is 0 Å². The van der Waals surface area contributed by atoms with E-state index in [4.69, 9.17) is 0 Å². The first kappa shape index (κ1) is 15.9. The van der Waals surface area contributed by atoms with Crippen LogP contribution in [0.2, 0.25) is 0 Å². The lowest BCUT2D eigenvalue weighted by Crippen LogP contribution is -2.42. The standard InChI is InChI=1S/C14H31NO/c1-6-7-8-9-10-14(16)11-15(12(2)3)13(4)5/h12-14,16H,6-11H2,1-5H3. The van der Waals surface area contributed by atoms with Crippen molar-refractivity contribution in [3.63, 3.8) is 0 Å². The summed E-state index contributed by atoms with van der Waals surface area (Å²) in [7, 11) is 0. The highest BCUT2D eigenvalue weighted by atomic mass is 16.3.